The number of hydrogen-bond donors (Lipinski definition) is 2. The molecule has 21 heavy (non-hydrogen) atoms. The van der Waals surface area contributed by atoms with Gasteiger partial charge in [-0.15, -0.1) is 11.3 Å². The predicted molar refractivity (Wildman–Crippen MR) is 85.2 cm³/mol. The van der Waals surface area contributed by atoms with E-state index in [4.69, 9.17) is 0 Å². The Hall–Kier alpha value is -1.36. The fourth-order valence-corrected chi connectivity index (χ4v) is 3.88. The normalized spacial score (nSPS) is 15.1. The zero-order chi connectivity index (χ0) is 15.2. The molecular formula is C16H24N2O2S. The highest BCUT2D eigenvalue weighted by atomic mass is 32.1. The number of hydrogen-bond acceptors (Lipinski definition) is 3. The van der Waals surface area contributed by atoms with Crippen LogP contribution in [0.1, 0.15) is 65.6 Å². The number of aryl methyl sites for hydroxylation is 2. The predicted octanol–water partition coefficient (Wildman–Crippen LogP) is 3.35. The van der Waals surface area contributed by atoms with Crippen molar-refractivity contribution in [1.82, 2.24) is 10.9 Å². The van der Waals surface area contributed by atoms with E-state index in [-0.39, 0.29) is 11.8 Å². The largest absolute Gasteiger partial charge is 0.279 e. The van der Waals surface area contributed by atoms with Gasteiger partial charge in [-0.1, -0.05) is 32.6 Å². The van der Waals surface area contributed by atoms with Gasteiger partial charge in [-0.25, -0.2) is 0 Å². The highest BCUT2D eigenvalue weighted by Gasteiger charge is 2.17. The standard InChI is InChI=1S/C16H24N2O2S/c1-3-13-11(2)10-14(21-13)16(20)18-17-15(19)9-8-12-6-4-5-7-12/h10,12H,3-9H2,1-2H3,(H,17,19)(H,18,20). The Morgan fingerprint density at radius 3 is 2.62 bits per heavy atom. The second-order valence-electron chi connectivity index (χ2n) is 5.76. The van der Waals surface area contributed by atoms with Gasteiger partial charge in [-0.2, -0.15) is 0 Å². The zero-order valence-electron chi connectivity index (χ0n) is 12.8. The first-order chi connectivity index (χ1) is 10.1. The first-order valence-corrected chi connectivity index (χ1v) is 8.60. The number of hydrazine groups is 1. The number of carbonyl (C=O) groups is 2. The summed E-state index contributed by atoms with van der Waals surface area (Å²) in [6.07, 6.45) is 7.43. The number of thiophene rings is 1. The van der Waals surface area contributed by atoms with Crippen molar-refractivity contribution in [2.24, 2.45) is 5.92 Å². The van der Waals surface area contributed by atoms with Crippen molar-refractivity contribution >= 4 is 23.2 Å². The van der Waals surface area contributed by atoms with E-state index in [0.29, 0.717) is 17.2 Å². The van der Waals surface area contributed by atoms with Crippen molar-refractivity contribution in [1.29, 1.82) is 0 Å². The molecule has 1 saturated carbocycles. The van der Waals surface area contributed by atoms with Crippen LogP contribution in [0.15, 0.2) is 6.07 Å². The van der Waals surface area contributed by atoms with Crippen LogP contribution in [0, 0.1) is 12.8 Å². The van der Waals surface area contributed by atoms with Gasteiger partial charge in [-0.05, 0) is 37.3 Å². The average Bonchev–Trinajstić information content (AvgIpc) is 3.11. The van der Waals surface area contributed by atoms with Crippen molar-refractivity contribution in [3.63, 3.8) is 0 Å². The molecule has 1 fully saturated rings. The monoisotopic (exact) mass is 308 g/mol. The number of rotatable bonds is 5. The molecule has 0 unspecified atom stereocenters. The third kappa shape index (κ3) is 4.56. The lowest BCUT2D eigenvalue weighted by atomic mass is 10.0. The molecule has 1 aliphatic carbocycles. The van der Waals surface area contributed by atoms with Crippen LogP contribution in [0.25, 0.3) is 0 Å². The lowest BCUT2D eigenvalue weighted by Gasteiger charge is -2.09. The van der Waals surface area contributed by atoms with E-state index in [1.807, 2.05) is 13.0 Å². The molecule has 1 aliphatic rings. The van der Waals surface area contributed by atoms with Gasteiger partial charge in [0.15, 0.2) is 0 Å². The summed E-state index contributed by atoms with van der Waals surface area (Å²) in [5, 5.41) is 0. The minimum Gasteiger partial charge on any atom is -0.273 e. The van der Waals surface area contributed by atoms with Gasteiger partial charge >= 0.3 is 0 Å². The summed E-state index contributed by atoms with van der Waals surface area (Å²) in [4.78, 5) is 25.6. The molecule has 0 aliphatic heterocycles. The Bertz CT molecular complexity index is 504. The van der Waals surface area contributed by atoms with E-state index in [0.717, 1.165) is 18.4 Å². The Kier molecular flexibility index (Phi) is 5.79. The van der Waals surface area contributed by atoms with Gasteiger partial charge < -0.3 is 0 Å². The number of carbonyl (C=O) groups excluding carboxylic acids is 2. The summed E-state index contributed by atoms with van der Waals surface area (Å²) in [6, 6.07) is 1.88. The van der Waals surface area contributed by atoms with Crippen molar-refractivity contribution in [2.45, 2.75) is 58.8 Å². The third-order valence-corrected chi connectivity index (χ3v) is 5.52. The average molecular weight is 308 g/mol. The Morgan fingerprint density at radius 2 is 2.00 bits per heavy atom. The molecule has 0 spiro atoms. The Balaban J connectivity index is 1.73. The lowest BCUT2D eigenvalue weighted by molar-refractivity contribution is -0.122. The van der Waals surface area contributed by atoms with E-state index in [1.54, 1.807) is 0 Å². The molecule has 1 aromatic rings. The number of amides is 2. The summed E-state index contributed by atoms with van der Waals surface area (Å²) in [7, 11) is 0. The van der Waals surface area contributed by atoms with Gasteiger partial charge in [0, 0.05) is 11.3 Å². The van der Waals surface area contributed by atoms with Crippen LogP contribution in [0.5, 0.6) is 0 Å². The lowest BCUT2D eigenvalue weighted by Crippen LogP contribution is -2.41. The first kappa shape index (κ1) is 16.0. The molecule has 2 N–H and O–H groups in total. The molecule has 4 nitrogen and oxygen atoms in total. The van der Waals surface area contributed by atoms with Crippen LogP contribution in [-0.4, -0.2) is 11.8 Å². The van der Waals surface area contributed by atoms with Gasteiger partial charge in [0.1, 0.15) is 0 Å². The molecule has 0 aromatic carbocycles. The van der Waals surface area contributed by atoms with Crippen molar-refractivity contribution in [2.75, 3.05) is 0 Å². The summed E-state index contributed by atoms with van der Waals surface area (Å²) in [5.74, 6) is 0.370. The van der Waals surface area contributed by atoms with E-state index in [1.165, 1.54) is 41.9 Å². The van der Waals surface area contributed by atoms with Crippen LogP contribution >= 0.6 is 11.3 Å². The fraction of sp³-hybridized carbons (Fsp3) is 0.625. The first-order valence-electron chi connectivity index (χ1n) is 7.78. The van der Waals surface area contributed by atoms with Crippen LogP contribution in [-0.2, 0) is 11.2 Å². The second kappa shape index (κ2) is 7.59. The SMILES string of the molecule is CCc1sc(C(=O)NNC(=O)CCC2CCCC2)cc1C. The molecule has 0 bridgehead atoms. The molecule has 2 amide bonds. The maximum Gasteiger partial charge on any atom is 0.279 e. The van der Waals surface area contributed by atoms with Crippen molar-refractivity contribution < 1.29 is 9.59 Å². The van der Waals surface area contributed by atoms with Gasteiger partial charge in [0.05, 0.1) is 4.88 Å². The van der Waals surface area contributed by atoms with Gasteiger partial charge in [0.25, 0.3) is 5.91 Å². The molecule has 0 saturated heterocycles. The summed E-state index contributed by atoms with van der Waals surface area (Å²) >= 11 is 1.49. The van der Waals surface area contributed by atoms with Crippen LogP contribution in [0.2, 0.25) is 0 Å². The Labute approximate surface area is 130 Å². The molecule has 5 heteroatoms. The number of nitrogens with one attached hydrogen (secondary N) is 2. The van der Waals surface area contributed by atoms with Gasteiger partial charge in [-0.3, -0.25) is 20.4 Å². The minimum atomic E-state index is -0.225. The topological polar surface area (TPSA) is 58.2 Å². The van der Waals surface area contributed by atoms with Crippen LogP contribution in [0.3, 0.4) is 0 Å². The van der Waals surface area contributed by atoms with E-state index in [2.05, 4.69) is 17.8 Å². The van der Waals surface area contributed by atoms with E-state index in [9.17, 15) is 9.59 Å². The highest BCUT2D eigenvalue weighted by molar-refractivity contribution is 7.14. The third-order valence-electron chi connectivity index (χ3n) is 4.14. The highest BCUT2D eigenvalue weighted by Crippen LogP contribution is 2.28. The van der Waals surface area contributed by atoms with E-state index < -0.39 is 0 Å². The summed E-state index contributed by atoms with van der Waals surface area (Å²) in [5.41, 5.74) is 6.17. The molecular weight excluding hydrogens is 284 g/mol. The molecule has 0 radical (unpaired) electrons. The minimum absolute atomic E-state index is 0.0979. The zero-order valence-corrected chi connectivity index (χ0v) is 13.6. The fourth-order valence-electron chi connectivity index (χ4n) is 2.87. The van der Waals surface area contributed by atoms with Crippen LogP contribution < -0.4 is 10.9 Å². The molecule has 1 aromatic heterocycles. The van der Waals surface area contributed by atoms with Gasteiger partial charge in [0.2, 0.25) is 5.91 Å². The smallest absolute Gasteiger partial charge is 0.273 e. The quantitative estimate of drug-likeness (QED) is 0.820. The Morgan fingerprint density at radius 1 is 1.29 bits per heavy atom. The second-order valence-corrected chi connectivity index (χ2v) is 6.90. The van der Waals surface area contributed by atoms with Crippen molar-refractivity contribution in [3.8, 4) is 0 Å². The van der Waals surface area contributed by atoms with Crippen LogP contribution in [0.4, 0.5) is 0 Å². The molecule has 1 heterocycles. The summed E-state index contributed by atoms with van der Waals surface area (Å²) in [6.45, 7) is 4.08. The molecule has 0 atom stereocenters. The molecule has 116 valence electrons. The maximum atomic E-state index is 12.0. The van der Waals surface area contributed by atoms with Crippen molar-refractivity contribution in [3.05, 3.63) is 21.4 Å². The molecule has 2 rings (SSSR count). The van der Waals surface area contributed by atoms with E-state index >= 15 is 0 Å². The maximum absolute atomic E-state index is 12.0. The summed E-state index contributed by atoms with van der Waals surface area (Å²) < 4.78 is 0.